The summed E-state index contributed by atoms with van der Waals surface area (Å²) in [7, 11) is 4.35. The first-order valence-corrected chi connectivity index (χ1v) is 15.4. The monoisotopic (exact) mass is 613 g/mol. The van der Waals surface area contributed by atoms with Gasteiger partial charge in [0.1, 0.15) is 7.05 Å². The van der Waals surface area contributed by atoms with E-state index in [1.807, 2.05) is 0 Å². The van der Waals surface area contributed by atoms with Crippen LogP contribution in [0.3, 0.4) is 0 Å². The molecule has 0 bridgehead atoms. The zero-order chi connectivity index (χ0) is 29.6. The second-order valence-electron chi connectivity index (χ2n) is 12.4. The first-order chi connectivity index (χ1) is 20.1. The molecule has 0 amide bonds. The van der Waals surface area contributed by atoms with Gasteiger partial charge in [-0.05, 0) is 84.2 Å². The number of rotatable bonds is 5. The van der Waals surface area contributed by atoms with Crippen LogP contribution in [0.15, 0.2) is 132 Å². The van der Waals surface area contributed by atoms with Crippen molar-refractivity contribution in [2.45, 2.75) is 38.5 Å². The van der Waals surface area contributed by atoms with Crippen LogP contribution in [-0.2, 0) is 10.8 Å². The number of halogens is 1. The molecule has 2 nitrogen and oxygen atoms in total. The number of anilines is 1. The van der Waals surface area contributed by atoms with Gasteiger partial charge in [0.15, 0.2) is 5.71 Å². The zero-order valence-corrected chi connectivity index (χ0v) is 26.9. The minimum Gasteiger partial charge on any atom is -0.347 e. The summed E-state index contributed by atoms with van der Waals surface area (Å²) < 4.78 is 3.37. The van der Waals surface area contributed by atoms with Crippen LogP contribution in [0.2, 0.25) is 0 Å². The number of nitrogens with zero attached hydrogens (tertiary/aromatic N) is 2. The van der Waals surface area contributed by atoms with Crippen LogP contribution in [0.4, 0.5) is 11.4 Å². The third-order valence-electron chi connectivity index (χ3n) is 9.08. The Bertz CT molecular complexity index is 1790. The molecular weight excluding hydrogens is 576 g/mol. The van der Waals surface area contributed by atoms with Crippen LogP contribution in [0.1, 0.15) is 38.8 Å². The summed E-state index contributed by atoms with van der Waals surface area (Å²) in [5, 5.41) is 0. The maximum atomic E-state index is 3.84. The molecule has 0 radical (unpaired) electrons. The van der Waals surface area contributed by atoms with E-state index in [1.165, 1.54) is 56.2 Å². The highest BCUT2D eigenvalue weighted by molar-refractivity contribution is 9.11. The predicted octanol–water partition coefficient (Wildman–Crippen LogP) is 10.2. The first kappa shape index (κ1) is 28.2. The number of hydrogen-bond donors (Lipinski definition) is 0. The van der Waals surface area contributed by atoms with E-state index >= 15 is 0 Å². The van der Waals surface area contributed by atoms with Crippen LogP contribution in [0.5, 0.6) is 0 Å². The van der Waals surface area contributed by atoms with Crippen LogP contribution in [0.25, 0.3) is 22.3 Å². The van der Waals surface area contributed by atoms with Crippen molar-refractivity contribution in [3.8, 4) is 22.3 Å². The van der Waals surface area contributed by atoms with Gasteiger partial charge in [0.05, 0.1) is 5.41 Å². The molecule has 3 heteroatoms. The smallest absolute Gasteiger partial charge is 0.209 e. The fourth-order valence-electron chi connectivity index (χ4n) is 6.67. The van der Waals surface area contributed by atoms with E-state index in [9.17, 15) is 0 Å². The van der Waals surface area contributed by atoms with Gasteiger partial charge in [-0.2, -0.15) is 4.58 Å². The Morgan fingerprint density at radius 2 is 1.29 bits per heavy atom. The highest BCUT2D eigenvalue weighted by atomic mass is 79.9. The van der Waals surface area contributed by atoms with Gasteiger partial charge in [0.2, 0.25) is 5.69 Å². The average Bonchev–Trinajstić information content (AvgIpc) is 3.31. The Hall–Kier alpha value is -3.95. The molecule has 0 unspecified atom stereocenters. The molecule has 0 fully saturated rings. The minimum atomic E-state index is -0.108. The Balaban J connectivity index is 1.26. The lowest BCUT2D eigenvalue weighted by atomic mass is 9.80. The van der Waals surface area contributed by atoms with E-state index in [1.54, 1.807) is 0 Å². The Morgan fingerprint density at radius 3 is 1.90 bits per heavy atom. The van der Waals surface area contributed by atoms with Crippen molar-refractivity contribution in [2.24, 2.45) is 0 Å². The Morgan fingerprint density at radius 1 is 0.714 bits per heavy atom. The van der Waals surface area contributed by atoms with Crippen molar-refractivity contribution in [2.75, 3.05) is 19.0 Å². The molecule has 0 aromatic heterocycles. The molecular formula is C39H38BrN2+. The fourth-order valence-corrected chi connectivity index (χ4v) is 6.93. The molecule has 0 spiro atoms. The first-order valence-electron chi connectivity index (χ1n) is 14.6. The zero-order valence-electron chi connectivity index (χ0n) is 25.3. The predicted molar refractivity (Wildman–Crippen MR) is 183 cm³/mol. The van der Waals surface area contributed by atoms with Gasteiger partial charge < -0.3 is 4.90 Å². The quantitative estimate of drug-likeness (QED) is 0.160. The standard InChI is InChI=1S/C39H38BrN2/c1-38(2)32-25-29(27-13-9-7-10-14-27)17-21-34(32)41(5)36(38)23-19-31(40)20-24-37-39(3,4)33-26-30(18-22-35(33)42(37)6)28-15-11-8-12-16-28/h7-26H,1-6H3/q+1. The van der Waals surface area contributed by atoms with Gasteiger partial charge >= 0.3 is 0 Å². The van der Waals surface area contributed by atoms with Crippen LogP contribution in [-0.4, -0.2) is 24.4 Å². The van der Waals surface area contributed by atoms with E-state index in [-0.39, 0.29) is 10.8 Å². The maximum absolute atomic E-state index is 3.84. The minimum absolute atomic E-state index is 0.108. The van der Waals surface area contributed by atoms with E-state index in [0.717, 1.165) is 4.48 Å². The molecule has 2 aliphatic rings. The molecule has 4 aromatic carbocycles. The second-order valence-corrected chi connectivity index (χ2v) is 13.3. The summed E-state index contributed by atoms with van der Waals surface area (Å²) in [6.45, 7) is 9.28. The maximum Gasteiger partial charge on any atom is 0.209 e. The number of benzene rings is 4. The summed E-state index contributed by atoms with van der Waals surface area (Å²) in [6, 6.07) is 35.0. The van der Waals surface area contributed by atoms with Crippen molar-refractivity contribution in [1.82, 2.24) is 0 Å². The SMILES string of the molecule is CN1C(=CC=C(Br)C=CC2=[N+](C)c3ccc(-c4ccccc4)cc3C2(C)C)C(C)(C)c2cc(-c3ccccc3)ccc21. The molecule has 2 aliphatic heterocycles. The number of likely N-dealkylation sites (N-methyl/N-ethyl adjacent to an activating group) is 1. The number of hydrogen-bond acceptors (Lipinski definition) is 1. The fraction of sp³-hybridized carbons (Fsp3) is 0.205. The molecule has 4 aromatic rings. The molecule has 0 N–H and O–H groups in total. The van der Waals surface area contributed by atoms with Gasteiger partial charge in [0, 0.05) is 46.0 Å². The molecule has 210 valence electrons. The highest BCUT2D eigenvalue weighted by Gasteiger charge is 2.43. The molecule has 0 aliphatic carbocycles. The summed E-state index contributed by atoms with van der Waals surface area (Å²) >= 11 is 3.84. The van der Waals surface area contributed by atoms with E-state index in [4.69, 9.17) is 0 Å². The Labute approximate surface area is 259 Å². The summed E-state index contributed by atoms with van der Waals surface area (Å²) in [5.41, 5.74) is 12.6. The van der Waals surface area contributed by atoms with E-state index in [2.05, 4.69) is 189 Å². The van der Waals surface area contributed by atoms with E-state index < -0.39 is 0 Å². The average molecular weight is 615 g/mol. The lowest BCUT2D eigenvalue weighted by molar-refractivity contribution is -0.401. The van der Waals surface area contributed by atoms with Crippen molar-refractivity contribution in [3.63, 3.8) is 0 Å². The number of allylic oxidation sites excluding steroid dienone is 6. The van der Waals surface area contributed by atoms with Crippen molar-refractivity contribution in [1.29, 1.82) is 0 Å². The number of fused-ring (bicyclic) bond motifs is 2. The second kappa shape index (κ2) is 10.7. The molecule has 6 rings (SSSR count). The Kier molecular flexibility index (Phi) is 7.19. The van der Waals surface area contributed by atoms with Crippen LogP contribution < -0.4 is 4.90 Å². The van der Waals surface area contributed by atoms with Crippen LogP contribution >= 0.6 is 15.9 Å². The molecule has 0 saturated carbocycles. The van der Waals surface area contributed by atoms with Crippen molar-refractivity contribution >= 4 is 33.0 Å². The molecule has 2 heterocycles. The topological polar surface area (TPSA) is 6.25 Å². The molecule has 0 saturated heterocycles. The summed E-state index contributed by atoms with van der Waals surface area (Å²) in [6.07, 6.45) is 8.87. The summed E-state index contributed by atoms with van der Waals surface area (Å²) in [4.78, 5) is 2.33. The van der Waals surface area contributed by atoms with Crippen molar-refractivity contribution < 1.29 is 4.58 Å². The van der Waals surface area contributed by atoms with Gasteiger partial charge in [-0.1, -0.05) is 96.5 Å². The van der Waals surface area contributed by atoms with Gasteiger partial charge in [0.25, 0.3) is 0 Å². The van der Waals surface area contributed by atoms with Gasteiger partial charge in [-0.25, -0.2) is 0 Å². The lowest BCUT2D eigenvalue weighted by Gasteiger charge is -2.23. The van der Waals surface area contributed by atoms with Gasteiger partial charge in [-0.3, -0.25) is 0 Å². The summed E-state index contributed by atoms with van der Waals surface area (Å²) in [5.74, 6) is 0. The largest absolute Gasteiger partial charge is 0.347 e. The third-order valence-corrected chi connectivity index (χ3v) is 9.61. The van der Waals surface area contributed by atoms with Crippen LogP contribution in [0, 0.1) is 0 Å². The van der Waals surface area contributed by atoms with Crippen molar-refractivity contribution in [3.05, 3.63) is 143 Å². The molecule has 42 heavy (non-hydrogen) atoms. The third kappa shape index (κ3) is 4.80. The highest BCUT2D eigenvalue weighted by Crippen LogP contribution is 2.48. The van der Waals surface area contributed by atoms with E-state index in [0.29, 0.717) is 0 Å². The molecule has 0 atom stereocenters. The normalized spacial score (nSPS) is 18.2. The lowest BCUT2D eigenvalue weighted by Crippen LogP contribution is -2.26. The van der Waals surface area contributed by atoms with Gasteiger partial charge in [-0.15, -0.1) is 0 Å².